The Labute approximate surface area is 77.2 Å². The van der Waals surface area contributed by atoms with E-state index >= 15 is 0 Å². The first-order valence-corrected chi connectivity index (χ1v) is 3.96. The predicted octanol–water partition coefficient (Wildman–Crippen LogP) is 0.788. The number of thiol groups is 1. The number of nitrogens with two attached hydrogens (primary N) is 1. The quantitative estimate of drug-likeness (QED) is 0.436. The Morgan fingerprint density at radius 1 is 1.75 bits per heavy atom. The summed E-state index contributed by atoms with van der Waals surface area (Å²) in [6.45, 7) is 4.17. The molecule has 0 saturated carbocycles. The molecule has 0 aliphatic carbocycles. The topological polar surface area (TPSA) is 50.4 Å². The Bertz CT molecular complexity index is 276. The summed E-state index contributed by atoms with van der Waals surface area (Å²) < 4.78 is 0. The zero-order chi connectivity index (χ0) is 8.97. The molecule has 1 rings (SSSR count). The minimum Gasteiger partial charge on any atom is -0.399 e. The van der Waals surface area contributed by atoms with Crippen molar-refractivity contribution >= 4 is 17.8 Å². The lowest BCUT2D eigenvalue weighted by molar-refractivity contribution is 1.11. The highest BCUT2D eigenvalue weighted by molar-refractivity contribution is 7.96. The molecule has 0 atom stereocenters. The summed E-state index contributed by atoms with van der Waals surface area (Å²) in [5.41, 5.74) is 7.13. The molecule has 3 N–H and O–H groups in total. The molecule has 4 heteroatoms. The highest BCUT2D eigenvalue weighted by Crippen LogP contribution is 2.02. The van der Waals surface area contributed by atoms with Gasteiger partial charge >= 0.3 is 0 Å². The third-order valence-corrected chi connectivity index (χ3v) is 1.64. The minimum atomic E-state index is 0.636. The average molecular weight is 181 g/mol. The minimum absolute atomic E-state index is 0.636. The van der Waals surface area contributed by atoms with Gasteiger partial charge in [0.25, 0.3) is 0 Å². The Balaban J connectivity index is 2.56. The van der Waals surface area contributed by atoms with Crippen molar-refractivity contribution in [3.05, 3.63) is 36.2 Å². The molecule has 64 valence electrons. The SMILES string of the molecule is C=C/C(N)=C\C=C1/CN=C(S)N1. The van der Waals surface area contributed by atoms with Gasteiger partial charge in [0, 0.05) is 11.4 Å². The molecule has 0 spiro atoms. The second-order valence-electron chi connectivity index (χ2n) is 2.33. The number of rotatable bonds is 2. The fraction of sp³-hybridized carbons (Fsp3) is 0.125. The molecule has 0 unspecified atom stereocenters. The van der Waals surface area contributed by atoms with Crippen LogP contribution in [-0.4, -0.2) is 11.7 Å². The summed E-state index contributed by atoms with van der Waals surface area (Å²) in [7, 11) is 0. The largest absolute Gasteiger partial charge is 0.399 e. The van der Waals surface area contributed by atoms with Crippen molar-refractivity contribution in [3.8, 4) is 0 Å². The van der Waals surface area contributed by atoms with Gasteiger partial charge in [-0.05, 0) is 18.2 Å². The first-order valence-electron chi connectivity index (χ1n) is 3.51. The zero-order valence-electron chi connectivity index (χ0n) is 6.62. The van der Waals surface area contributed by atoms with E-state index in [1.165, 1.54) is 0 Å². The molecule has 3 nitrogen and oxygen atoms in total. The summed E-state index contributed by atoms with van der Waals surface area (Å²) >= 11 is 4.05. The van der Waals surface area contributed by atoms with Crippen molar-refractivity contribution < 1.29 is 0 Å². The van der Waals surface area contributed by atoms with Crippen molar-refractivity contribution in [2.24, 2.45) is 10.7 Å². The van der Waals surface area contributed by atoms with Gasteiger partial charge in [-0.1, -0.05) is 6.58 Å². The lowest BCUT2D eigenvalue weighted by atomic mass is 10.3. The second-order valence-corrected chi connectivity index (χ2v) is 2.75. The van der Waals surface area contributed by atoms with Crippen molar-refractivity contribution in [1.82, 2.24) is 5.32 Å². The molecular weight excluding hydrogens is 170 g/mol. The van der Waals surface area contributed by atoms with Gasteiger partial charge in [-0.2, -0.15) is 0 Å². The Morgan fingerprint density at radius 2 is 2.50 bits per heavy atom. The van der Waals surface area contributed by atoms with E-state index in [0.29, 0.717) is 17.4 Å². The van der Waals surface area contributed by atoms with Crippen LogP contribution in [0.15, 0.2) is 41.2 Å². The molecule has 0 fully saturated rings. The van der Waals surface area contributed by atoms with Crippen LogP contribution in [0.3, 0.4) is 0 Å². The maximum atomic E-state index is 5.50. The lowest BCUT2D eigenvalue weighted by Crippen LogP contribution is -2.10. The number of nitrogens with zero attached hydrogens (tertiary/aromatic N) is 1. The van der Waals surface area contributed by atoms with E-state index in [0.717, 1.165) is 5.70 Å². The fourth-order valence-electron chi connectivity index (χ4n) is 0.742. The lowest BCUT2D eigenvalue weighted by Gasteiger charge is -1.95. The summed E-state index contributed by atoms with van der Waals surface area (Å²) in [4.78, 5) is 4.03. The van der Waals surface area contributed by atoms with Crippen LogP contribution >= 0.6 is 12.6 Å². The van der Waals surface area contributed by atoms with Gasteiger partial charge in [0.2, 0.25) is 0 Å². The summed E-state index contributed by atoms with van der Waals surface area (Å²) in [6, 6.07) is 0. The molecule has 1 aliphatic heterocycles. The number of aliphatic imine (C=N–C) groups is 1. The molecule has 1 heterocycles. The Hall–Kier alpha value is -1.16. The fourth-order valence-corrected chi connectivity index (χ4v) is 0.956. The third kappa shape index (κ3) is 2.47. The zero-order valence-corrected chi connectivity index (χ0v) is 7.51. The van der Waals surface area contributed by atoms with E-state index in [2.05, 4.69) is 29.5 Å². The Kier molecular flexibility index (Phi) is 2.99. The maximum absolute atomic E-state index is 5.50. The van der Waals surface area contributed by atoms with Gasteiger partial charge < -0.3 is 11.1 Å². The average Bonchev–Trinajstić information content (AvgIpc) is 2.47. The van der Waals surface area contributed by atoms with Crippen molar-refractivity contribution in [2.45, 2.75) is 0 Å². The van der Waals surface area contributed by atoms with E-state index in [4.69, 9.17) is 5.73 Å². The van der Waals surface area contributed by atoms with Crippen LogP contribution < -0.4 is 11.1 Å². The van der Waals surface area contributed by atoms with Gasteiger partial charge in [0.15, 0.2) is 5.17 Å². The molecule has 1 aliphatic rings. The van der Waals surface area contributed by atoms with Crippen LogP contribution in [0.2, 0.25) is 0 Å². The highest BCUT2D eigenvalue weighted by atomic mass is 32.1. The number of allylic oxidation sites excluding steroid dienone is 3. The highest BCUT2D eigenvalue weighted by Gasteiger charge is 2.04. The van der Waals surface area contributed by atoms with Crippen molar-refractivity contribution in [1.29, 1.82) is 0 Å². The summed E-state index contributed by atoms with van der Waals surface area (Å²) in [6.07, 6.45) is 5.23. The predicted molar refractivity (Wildman–Crippen MR) is 55.0 cm³/mol. The van der Waals surface area contributed by atoms with E-state index in [9.17, 15) is 0 Å². The van der Waals surface area contributed by atoms with E-state index < -0.39 is 0 Å². The van der Waals surface area contributed by atoms with Gasteiger partial charge in [0.05, 0.1) is 6.54 Å². The van der Waals surface area contributed by atoms with Crippen molar-refractivity contribution in [2.75, 3.05) is 6.54 Å². The van der Waals surface area contributed by atoms with Gasteiger partial charge in [-0.15, -0.1) is 12.6 Å². The molecule has 0 amide bonds. The van der Waals surface area contributed by atoms with E-state index in [-0.39, 0.29) is 0 Å². The summed E-state index contributed by atoms with van der Waals surface area (Å²) in [5, 5.41) is 3.62. The number of nitrogens with one attached hydrogen (secondary N) is 1. The number of amidine groups is 1. The normalized spacial score (nSPS) is 20.6. The van der Waals surface area contributed by atoms with Crippen LogP contribution in [-0.2, 0) is 0 Å². The molecule has 0 saturated heterocycles. The third-order valence-electron chi connectivity index (χ3n) is 1.38. The van der Waals surface area contributed by atoms with Crippen molar-refractivity contribution in [3.63, 3.8) is 0 Å². The summed E-state index contributed by atoms with van der Waals surface area (Å²) in [5.74, 6) is 0. The van der Waals surface area contributed by atoms with Crippen LogP contribution in [0.1, 0.15) is 0 Å². The Morgan fingerprint density at radius 3 is 3.00 bits per heavy atom. The molecule has 0 aromatic rings. The molecule has 0 aromatic carbocycles. The maximum Gasteiger partial charge on any atom is 0.158 e. The monoisotopic (exact) mass is 181 g/mol. The second kappa shape index (κ2) is 4.01. The van der Waals surface area contributed by atoms with Gasteiger partial charge in [-0.3, -0.25) is 4.99 Å². The number of hydrogen-bond acceptors (Lipinski definition) is 3. The van der Waals surface area contributed by atoms with E-state index in [1.807, 2.05) is 6.08 Å². The first-order chi connectivity index (χ1) is 5.72. The standard InChI is InChI=1S/C8H11N3S/c1-2-6(9)3-4-7-5-10-8(12)11-7/h2-4H,1,5,9H2,(H2,10,11,12)/b6-3+,7-4+. The van der Waals surface area contributed by atoms with Crippen LogP contribution in [0.5, 0.6) is 0 Å². The number of hydrogen-bond donors (Lipinski definition) is 3. The van der Waals surface area contributed by atoms with Crippen LogP contribution in [0.4, 0.5) is 0 Å². The van der Waals surface area contributed by atoms with Gasteiger partial charge in [0.1, 0.15) is 0 Å². The molecule has 0 aromatic heterocycles. The molecule has 0 bridgehead atoms. The van der Waals surface area contributed by atoms with Crippen LogP contribution in [0, 0.1) is 0 Å². The molecule has 12 heavy (non-hydrogen) atoms. The molecular formula is C8H11N3S. The van der Waals surface area contributed by atoms with Crippen LogP contribution in [0.25, 0.3) is 0 Å². The van der Waals surface area contributed by atoms with E-state index in [1.54, 1.807) is 12.2 Å². The molecule has 0 radical (unpaired) electrons. The smallest absolute Gasteiger partial charge is 0.158 e. The van der Waals surface area contributed by atoms with Gasteiger partial charge in [-0.25, -0.2) is 0 Å². The first kappa shape index (κ1) is 8.93.